The minimum Gasteiger partial charge on any atom is -0.481 e. The predicted molar refractivity (Wildman–Crippen MR) is 140 cm³/mol. The molecule has 1 heterocycles. The van der Waals surface area contributed by atoms with E-state index in [2.05, 4.69) is 16.4 Å². The molecule has 0 bridgehead atoms. The number of thiocarbonyl (C=S) groups is 1. The third kappa shape index (κ3) is 7.02. The molecule has 8 heteroatoms. The second-order valence-corrected chi connectivity index (χ2v) is 8.54. The van der Waals surface area contributed by atoms with E-state index in [9.17, 15) is 4.79 Å². The first-order valence-electron chi connectivity index (χ1n) is 10.3. The van der Waals surface area contributed by atoms with Crippen molar-refractivity contribution in [2.45, 2.75) is 19.3 Å². The number of carboxylic acids is 1. The Morgan fingerprint density at radius 2 is 1.94 bits per heavy atom. The molecule has 0 saturated carbocycles. The van der Waals surface area contributed by atoms with Gasteiger partial charge in [0.25, 0.3) is 0 Å². The van der Waals surface area contributed by atoms with Crippen LogP contribution < -0.4 is 10.2 Å². The van der Waals surface area contributed by atoms with Crippen LogP contribution in [0.3, 0.4) is 0 Å². The van der Waals surface area contributed by atoms with Gasteiger partial charge in [0.15, 0.2) is 5.11 Å². The average molecular weight is 500 g/mol. The number of nitrogens with zero attached hydrogens (tertiary/aromatic N) is 2. The van der Waals surface area contributed by atoms with Crippen molar-refractivity contribution >= 4 is 63.4 Å². The van der Waals surface area contributed by atoms with Crippen molar-refractivity contribution in [2.75, 3.05) is 17.3 Å². The number of anilines is 2. The number of aromatic nitrogens is 1. The number of carboxylic acid groups (broad SMARTS) is 1. The summed E-state index contributed by atoms with van der Waals surface area (Å²) in [4.78, 5) is 17.0. The first kappa shape index (κ1) is 24.7. The number of pyridine rings is 1. The molecule has 0 aliphatic carbocycles. The molecule has 0 spiro atoms. The molecule has 0 atom stereocenters. The summed E-state index contributed by atoms with van der Waals surface area (Å²) in [5.41, 5.74) is 4.48. The lowest BCUT2D eigenvalue weighted by Gasteiger charge is -2.22. The van der Waals surface area contributed by atoms with E-state index in [4.69, 9.17) is 40.5 Å². The van der Waals surface area contributed by atoms with Gasteiger partial charge in [-0.05, 0) is 72.6 Å². The third-order valence-corrected chi connectivity index (χ3v) is 5.86. The summed E-state index contributed by atoms with van der Waals surface area (Å²) in [5.74, 6) is -0.795. The van der Waals surface area contributed by atoms with Gasteiger partial charge in [0.2, 0.25) is 0 Å². The summed E-state index contributed by atoms with van der Waals surface area (Å²) >= 11 is 17.8. The molecule has 170 valence electrons. The molecule has 0 aliphatic heterocycles. The van der Waals surface area contributed by atoms with Crippen molar-refractivity contribution in [3.63, 3.8) is 0 Å². The lowest BCUT2D eigenvalue weighted by atomic mass is 9.97. The number of benzene rings is 2. The van der Waals surface area contributed by atoms with Crippen LogP contribution in [-0.4, -0.2) is 28.2 Å². The standard InChI is InChI=1S/C25H23Cl2N3O2S/c1-30(25(33)29-23-12-11-19(26)15-22(23)27)20-8-4-6-17(14-20)21(9-2-3-10-24(31)32)18-7-5-13-28-16-18/h4-9,11-16H,2-3,10H2,1H3,(H,29,33)(H,31,32). The van der Waals surface area contributed by atoms with Crippen LogP contribution in [0.25, 0.3) is 5.57 Å². The molecule has 2 N–H and O–H groups in total. The predicted octanol–water partition coefficient (Wildman–Crippen LogP) is 6.91. The van der Waals surface area contributed by atoms with Crippen LogP contribution in [0.15, 0.2) is 73.1 Å². The van der Waals surface area contributed by atoms with Crippen molar-refractivity contribution in [2.24, 2.45) is 0 Å². The highest BCUT2D eigenvalue weighted by molar-refractivity contribution is 7.80. The highest BCUT2D eigenvalue weighted by Gasteiger charge is 2.12. The number of nitrogens with one attached hydrogen (secondary N) is 1. The molecule has 0 unspecified atom stereocenters. The highest BCUT2D eigenvalue weighted by Crippen LogP contribution is 2.29. The molecule has 0 fully saturated rings. The minimum absolute atomic E-state index is 0.132. The SMILES string of the molecule is CN(C(=S)Nc1ccc(Cl)cc1Cl)c1cccc(C(=CCCCC(=O)O)c2cccnc2)c1. The molecule has 0 saturated heterocycles. The van der Waals surface area contributed by atoms with Gasteiger partial charge in [0, 0.05) is 42.1 Å². The maximum atomic E-state index is 10.9. The maximum Gasteiger partial charge on any atom is 0.303 e. The topological polar surface area (TPSA) is 65.5 Å². The van der Waals surface area contributed by atoms with E-state index < -0.39 is 5.97 Å². The van der Waals surface area contributed by atoms with Gasteiger partial charge < -0.3 is 15.3 Å². The summed E-state index contributed by atoms with van der Waals surface area (Å²) in [5, 5.41) is 13.6. The second kappa shape index (κ2) is 11.8. The van der Waals surface area contributed by atoms with E-state index in [1.165, 1.54) is 0 Å². The molecule has 33 heavy (non-hydrogen) atoms. The first-order chi connectivity index (χ1) is 15.8. The second-order valence-electron chi connectivity index (χ2n) is 7.31. The number of hydrogen-bond donors (Lipinski definition) is 2. The van der Waals surface area contributed by atoms with Gasteiger partial charge in [-0.15, -0.1) is 0 Å². The molecular weight excluding hydrogens is 477 g/mol. The normalized spacial score (nSPS) is 11.2. The fourth-order valence-corrected chi connectivity index (χ4v) is 3.88. The van der Waals surface area contributed by atoms with Crippen LogP contribution in [0.1, 0.15) is 30.4 Å². The fraction of sp³-hybridized carbons (Fsp3) is 0.160. The van der Waals surface area contributed by atoms with Gasteiger partial charge >= 0.3 is 5.97 Å². The Hall–Kier alpha value is -2.93. The summed E-state index contributed by atoms with van der Waals surface area (Å²) in [6.45, 7) is 0. The van der Waals surface area contributed by atoms with E-state index >= 15 is 0 Å². The molecule has 3 aromatic rings. The van der Waals surface area contributed by atoms with Crippen LogP contribution in [-0.2, 0) is 4.79 Å². The van der Waals surface area contributed by atoms with E-state index in [0.29, 0.717) is 33.7 Å². The van der Waals surface area contributed by atoms with E-state index in [-0.39, 0.29) is 6.42 Å². The molecule has 2 aromatic carbocycles. The van der Waals surface area contributed by atoms with Gasteiger partial charge in [-0.1, -0.05) is 47.5 Å². The fourth-order valence-electron chi connectivity index (χ4n) is 3.21. The molecule has 3 rings (SSSR count). The molecular formula is C25H23Cl2N3O2S. The lowest BCUT2D eigenvalue weighted by Crippen LogP contribution is -2.31. The number of allylic oxidation sites excluding steroid dienone is 1. The highest BCUT2D eigenvalue weighted by atomic mass is 35.5. The zero-order valence-corrected chi connectivity index (χ0v) is 20.3. The minimum atomic E-state index is -0.795. The molecule has 0 aliphatic rings. The summed E-state index contributed by atoms with van der Waals surface area (Å²) in [7, 11) is 1.87. The Balaban J connectivity index is 1.84. The van der Waals surface area contributed by atoms with Gasteiger partial charge in [-0.3, -0.25) is 9.78 Å². The third-order valence-electron chi connectivity index (χ3n) is 4.94. The monoisotopic (exact) mass is 499 g/mol. The molecule has 1 aromatic heterocycles. The van der Waals surface area contributed by atoms with Crippen LogP contribution in [0.4, 0.5) is 11.4 Å². The molecule has 0 amide bonds. The summed E-state index contributed by atoms with van der Waals surface area (Å²) < 4.78 is 0. The van der Waals surface area contributed by atoms with Crippen molar-refractivity contribution in [1.82, 2.24) is 4.98 Å². The van der Waals surface area contributed by atoms with Gasteiger partial charge in [-0.2, -0.15) is 0 Å². The van der Waals surface area contributed by atoms with Crippen LogP contribution >= 0.6 is 35.4 Å². The zero-order chi connectivity index (χ0) is 23.8. The Bertz CT molecular complexity index is 1170. The van der Waals surface area contributed by atoms with Crippen LogP contribution in [0.5, 0.6) is 0 Å². The number of rotatable bonds is 8. The first-order valence-corrected chi connectivity index (χ1v) is 11.4. The lowest BCUT2D eigenvalue weighted by molar-refractivity contribution is -0.137. The Kier molecular flexibility index (Phi) is 8.83. The Morgan fingerprint density at radius 1 is 1.15 bits per heavy atom. The smallest absolute Gasteiger partial charge is 0.303 e. The van der Waals surface area contributed by atoms with Crippen molar-refractivity contribution in [3.05, 3.63) is 94.2 Å². The van der Waals surface area contributed by atoms with Crippen LogP contribution in [0.2, 0.25) is 10.0 Å². The van der Waals surface area contributed by atoms with Crippen molar-refractivity contribution < 1.29 is 9.90 Å². The number of carbonyl (C=O) groups is 1. The average Bonchev–Trinajstić information content (AvgIpc) is 2.81. The number of halogens is 2. The van der Waals surface area contributed by atoms with E-state index in [1.54, 1.807) is 30.6 Å². The van der Waals surface area contributed by atoms with Gasteiger partial charge in [-0.25, -0.2) is 0 Å². The van der Waals surface area contributed by atoms with Gasteiger partial charge in [0.1, 0.15) is 0 Å². The largest absolute Gasteiger partial charge is 0.481 e. The zero-order valence-electron chi connectivity index (χ0n) is 18.0. The summed E-state index contributed by atoms with van der Waals surface area (Å²) in [6, 6.07) is 17.0. The quantitative estimate of drug-likeness (QED) is 0.259. The molecule has 0 radical (unpaired) electrons. The van der Waals surface area contributed by atoms with Crippen molar-refractivity contribution in [3.8, 4) is 0 Å². The van der Waals surface area contributed by atoms with E-state index in [0.717, 1.165) is 22.4 Å². The molecule has 5 nitrogen and oxygen atoms in total. The number of hydrogen-bond acceptors (Lipinski definition) is 3. The summed E-state index contributed by atoms with van der Waals surface area (Å²) in [6.07, 6.45) is 6.92. The maximum absolute atomic E-state index is 10.9. The number of aliphatic carboxylic acids is 1. The Morgan fingerprint density at radius 3 is 2.64 bits per heavy atom. The van der Waals surface area contributed by atoms with Gasteiger partial charge in [0.05, 0.1) is 10.7 Å². The van der Waals surface area contributed by atoms with Crippen LogP contribution in [0, 0.1) is 0 Å². The van der Waals surface area contributed by atoms with Crippen molar-refractivity contribution in [1.29, 1.82) is 0 Å². The number of unbranched alkanes of at least 4 members (excludes halogenated alkanes) is 1. The Labute approximate surface area is 208 Å². The van der Waals surface area contributed by atoms with E-state index in [1.807, 2.05) is 48.3 Å².